The van der Waals surface area contributed by atoms with Gasteiger partial charge in [0, 0.05) is 5.69 Å². The monoisotopic (exact) mass is 166 g/mol. The Hall–Kier alpha value is -1.02. The standard InChI is InChI=1S/C8H11N.C2H7N/c1-2-7-5-3-4-6-8(7)9;1-3-2/h3-6H,2,9H2,1H3;3H,1-2H3. The van der Waals surface area contributed by atoms with Crippen molar-refractivity contribution in [3.05, 3.63) is 29.8 Å². The molecule has 0 bridgehead atoms. The zero-order valence-corrected chi connectivity index (χ0v) is 8.09. The number of hydrogen-bond acceptors (Lipinski definition) is 2. The third kappa shape index (κ3) is 3.98. The largest absolute Gasteiger partial charge is 0.399 e. The average molecular weight is 166 g/mol. The normalized spacial score (nSPS) is 8.58. The highest BCUT2D eigenvalue weighted by Gasteiger charge is 1.90. The number of nitrogens with two attached hydrogens (primary N) is 1. The van der Waals surface area contributed by atoms with Crippen molar-refractivity contribution in [3.8, 4) is 0 Å². The van der Waals surface area contributed by atoms with E-state index in [4.69, 9.17) is 5.73 Å². The van der Waals surface area contributed by atoms with Gasteiger partial charge in [-0.15, -0.1) is 0 Å². The predicted octanol–water partition coefficient (Wildman–Crippen LogP) is 1.67. The van der Waals surface area contributed by atoms with Crippen LogP contribution < -0.4 is 11.1 Å². The highest BCUT2D eigenvalue weighted by molar-refractivity contribution is 5.46. The van der Waals surface area contributed by atoms with E-state index < -0.39 is 0 Å². The lowest BCUT2D eigenvalue weighted by Gasteiger charge is -1.98. The Labute approximate surface area is 74.8 Å². The maximum atomic E-state index is 5.63. The van der Waals surface area contributed by atoms with Gasteiger partial charge in [-0.05, 0) is 32.1 Å². The van der Waals surface area contributed by atoms with Gasteiger partial charge in [0.25, 0.3) is 0 Å². The van der Waals surface area contributed by atoms with Crippen molar-refractivity contribution < 1.29 is 0 Å². The maximum Gasteiger partial charge on any atom is 0.0346 e. The molecule has 0 heterocycles. The molecule has 3 N–H and O–H groups in total. The number of hydrogen-bond donors (Lipinski definition) is 2. The summed E-state index contributed by atoms with van der Waals surface area (Å²) in [6, 6.07) is 7.94. The Morgan fingerprint density at radius 2 is 1.75 bits per heavy atom. The zero-order chi connectivity index (χ0) is 9.40. The van der Waals surface area contributed by atoms with Crippen molar-refractivity contribution in [3.63, 3.8) is 0 Å². The molecule has 0 saturated carbocycles. The van der Waals surface area contributed by atoms with Crippen LogP contribution in [0.4, 0.5) is 5.69 Å². The van der Waals surface area contributed by atoms with Gasteiger partial charge in [0.1, 0.15) is 0 Å². The third-order valence-corrected chi connectivity index (χ3v) is 1.44. The summed E-state index contributed by atoms with van der Waals surface area (Å²) in [6.07, 6.45) is 1.02. The van der Waals surface area contributed by atoms with E-state index in [0.717, 1.165) is 12.1 Å². The predicted molar refractivity (Wildman–Crippen MR) is 55.2 cm³/mol. The van der Waals surface area contributed by atoms with E-state index in [1.165, 1.54) is 5.56 Å². The van der Waals surface area contributed by atoms with Crippen LogP contribution in [0.1, 0.15) is 12.5 Å². The van der Waals surface area contributed by atoms with E-state index in [-0.39, 0.29) is 0 Å². The first-order chi connectivity index (χ1) is 5.76. The van der Waals surface area contributed by atoms with E-state index >= 15 is 0 Å². The van der Waals surface area contributed by atoms with E-state index in [9.17, 15) is 0 Å². The second-order valence-corrected chi connectivity index (χ2v) is 2.55. The minimum Gasteiger partial charge on any atom is -0.399 e. The first-order valence-electron chi connectivity index (χ1n) is 4.18. The highest BCUT2D eigenvalue weighted by atomic mass is 14.7. The van der Waals surface area contributed by atoms with Crippen LogP contribution in [0.5, 0.6) is 0 Å². The van der Waals surface area contributed by atoms with Gasteiger partial charge in [-0.25, -0.2) is 0 Å². The van der Waals surface area contributed by atoms with Crippen LogP contribution in [-0.2, 0) is 6.42 Å². The summed E-state index contributed by atoms with van der Waals surface area (Å²) in [5.74, 6) is 0. The lowest BCUT2D eigenvalue weighted by Crippen LogP contribution is -1.90. The second kappa shape index (κ2) is 6.68. The van der Waals surface area contributed by atoms with Gasteiger partial charge in [0.05, 0.1) is 0 Å². The molecule has 0 aliphatic rings. The number of anilines is 1. The van der Waals surface area contributed by atoms with Crippen LogP contribution in [0.3, 0.4) is 0 Å². The average Bonchev–Trinajstić information content (AvgIpc) is 2.07. The van der Waals surface area contributed by atoms with Gasteiger partial charge in [-0.1, -0.05) is 25.1 Å². The number of benzene rings is 1. The molecule has 68 valence electrons. The van der Waals surface area contributed by atoms with Gasteiger partial charge < -0.3 is 11.1 Å². The van der Waals surface area contributed by atoms with Crippen molar-refractivity contribution in [1.29, 1.82) is 0 Å². The van der Waals surface area contributed by atoms with Gasteiger partial charge >= 0.3 is 0 Å². The van der Waals surface area contributed by atoms with Crippen LogP contribution in [0, 0.1) is 0 Å². The SMILES string of the molecule is CCc1ccccc1N.CNC. The second-order valence-electron chi connectivity index (χ2n) is 2.55. The third-order valence-electron chi connectivity index (χ3n) is 1.44. The highest BCUT2D eigenvalue weighted by Crippen LogP contribution is 2.09. The molecule has 0 aliphatic heterocycles. The summed E-state index contributed by atoms with van der Waals surface area (Å²) in [6.45, 7) is 2.10. The lowest BCUT2D eigenvalue weighted by atomic mass is 10.1. The molecular weight excluding hydrogens is 148 g/mol. The summed E-state index contributed by atoms with van der Waals surface area (Å²) in [5, 5.41) is 2.75. The lowest BCUT2D eigenvalue weighted by molar-refractivity contribution is 1.02. The molecule has 0 unspecified atom stereocenters. The minimum atomic E-state index is 0.903. The summed E-state index contributed by atoms with van der Waals surface area (Å²) in [5.41, 5.74) is 7.77. The molecule has 0 radical (unpaired) electrons. The molecule has 1 aromatic rings. The van der Waals surface area contributed by atoms with Crippen molar-refractivity contribution in [2.75, 3.05) is 19.8 Å². The Morgan fingerprint density at radius 1 is 1.25 bits per heavy atom. The van der Waals surface area contributed by atoms with Crippen molar-refractivity contribution in [2.45, 2.75) is 13.3 Å². The van der Waals surface area contributed by atoms with Gasteiger partial charge in [0.2, 0.25) is 0 Å². The summed E-state index contributed by atoms with van der Waals surface area (Å²) in [7, 11) is 3.75. The summed E-state index contributed by atoms with van der Waals surface area (Å²) < 4.78 is 0. The quantitative estimate of drug-likeness (QED) is 0.623. The van der Waals surface area contributed by atoms with E-state index in [1.807, 2.05) is 32.3 Å². The van der Waals surface area contributed by atoms with Crippen LogP contribution in [0.25, 0.3) is 0 Å². The molecule has 0 aliphatic carbocycles. The van der Waals surface area contributed by atoms with Crippen LogP contribution in [0.15, 0.2) is 24.3 Å². The molecule has 1 aromatic carbocycles. The van der Waals surface area contributed by atoms with Gasteiger partial charge in [-0.2, -0.15) is 0 Å². The molecule has 0 aromatic heterocycles. The zero-order valence-electron chi connectivity index (χ0n) is 8.09. The van der Waals surface area contributed by atoms with Gasteiger partial charge in [0.15, 0.2) is 0 Å². The Kier molecular flexibility index (Phi) is 6.11. The molecular formula is C10H18N2. The molecule has 0 spiro atoms. The Morgan fingerprint density at radius 3 is 2.08 bits per heavy atom. The number of para-hydroxylation sites is 1. The molecule has 1 rings (SSSR count). The van der Waals surface area contributed by atoms with E-state index in [0.29, 0.717) is 0 Å². The summed E-state index contributed by atoms with van der Waals surface area (Å²) >= 11 is 0. The molecule has 2 heteroatoms. The fourth-order valence-corrected chi connectivity index (χ4v) is 0.856. The molecule has 12 heavy (non-hydrogen) atoms. The Balaban J connectivity index is 0.000000354. The van der Waals surface area contributed by atoms with Gasteiger partial charge in [-0.3, -0.25) is 0 Å². The number of nitrogens with one attached hydrogen (secondary N) is 1. The van der Waals surface area contributed by atoms with E-state index in [1.54, 1.807) is 0 Å². The smallest absolute Gasteiger partial charge is 0.0346 e. The molecule has 0 fully saturated rings. The molecule has 0 amide bonds. The first kappa shape index (κ1) is 11.0. The van der Waals surface area contributed by atoms with E-state index in [2.05, 4.69) is 18.3 Å². The summed E-state index contributed by atoms with van der Waals surface area (Å²) in [4.78, 5) is 0. The van der Waals surface area contributed by atoms with Crippen molar-refractivity contribution in [2.24, 2.45) is 0 Å². The Bertz CT molecular complexity index is 209. The fraction of sp³-hybridized carbons (Fsp3) is 0.400. The first-order valence-corrected chi connectivity index (χ1v) is 4.18. The van der Waals surface area contributed by atoms with Crippen LogP contribution >= 0.6 is 0 Å². The fourth-order valence-electron chi connectivity index (χ4n) is 0.856. The van der Waals surface area contributed by atoms with Crippen molar-refractivity contribution in [1.82, 2.24) is 5.32 Å². The topological polar surface area (TPSA) is 38.0 Å². The maximum absolute atomic E-state index is 5.63. The van der Waals surface area contributed by atoms with Crippen LogP contribution in [-0.4, -0.2) is 14.1 Å². The molecule has 0 saturated heterocycles. The molecule has 0 atom stereocenters. The minimum absolute atomic E-state index is 0.903. The van der Waals surface area contributed by atoms with Crippen LogP contribution in [0.2, 0.25) is 0 Å². The van der Waals surface area contributed by atoms with Crippen molar-refractivity contribution >= 4 is 5.69 Å². The number of nitrogen functional groups attached to an aromatic ring is 1. The number of aryl methyl sites for hydroxylation is 1. The molecule has 2 nitrogen and oxygen atoms in total. The number of rotatable bonds is 1.